The molecule has 0 radical (unpaired) electrons. The SMILES string of the molecule is c1ccc(-n2c3ccccc3c3cc(-c4ccc(N(c5ccc(-c6ccc(C78CC9CC(CC(C9)C7)C8)cc6)cc5)c5ccc(-c6cccc7c6sc6ccccc67)cc5)cc4)ccc32)cc1. The van der Waals surface area contributed by atoms with Crippen LogP contribution in [-0.2, 0) is 5.41 Å². The largest absolute Gasteiger partial charge is 0.311 e. The second-order valence-electron chi connectivity index (χ2n) is 20.0. The fourth-order valence-electron chi connectivity index (χ4n) is 13.3. The van der Waals surface area contributed by atoms with Gasteiger partial charge in [0.2, 0.25) is 0 Å². The fraction of sp³-hybridized carbons (Fsp3) is 0.156. The van der Waals surface area contributed by atoms with Gasteiger partial charge >= 0.3 is 0 Å². The van der Waals surface area contributed by atoms with Gasteiger partial charge in [-0.05, 0) is 173 Å². The lowest BCUT2D eigenvalue weighted by molar-refractivity contribution is -0.00518. The molecule has 0 unspecified atom stereocenters. The van der Waals surface area contributed by atoms with Crippen molar-refractivity contribution in [1.29, 1.82) is 0 Å². The topological polar surface area (TPSA) is 8.17 Å². The molecule has 2 nitrogen and oxygen atoms in total. The van der Waals surface area contributed by atoms with Crippen LogP contribution in [0, 0.1) is 17.8 Å². The predicted molar refractivity (Wildman–Crippen MR) is 285 cm³/mol. The quantitative estimate of drug-likeness (QED) is 0.148. The summed E-state index contributed by atoms with van der Waals surface area (Å²) in [6.07, 6.45) is 8.66. The Morgan fingerprint density at radius 3 is 1.57 bits per heavy atom. The zero-order valence-corrected chi connectivity index (χ0v) is 38.3. The molecule has 2 aromatic heterocycles. The van der Waals surface area contributed by atoms with Gasteiger partial charge in [0.15, 0.2) is 0 Å². The van der Waals surface area contributed by atoms with Gasteiger partial charge < -0.3 is 9.47 Å². The van der Waals surface area contributed by atoms with E-state index in [-0.39, 0.29) is 0 Å². The minimum absolute atomic E-state index is 0.419. The van der Waals surface area contributed by atoms with Crippen molar-refractivity contribution in [2.75, 3.05) is 4.90 Å². The molecule has 0 amide bonds. The molecule has 11 aromatic rings. The molecule has 4 bridgehead atoms. The monoisotopic (exact) mass is 878 g/mol. The molecule has 0 N–H and O–H groups in total. The lowest BCUT2D eigenvalue weighted by atomic mass is 9.48. The smallest absolute Gasteiger partial charge is 0.0541 e. The Kier molecular flexibility index (Phi) is 8.99. The number of rotatable bonds is 8. The first-order valence-electron chi connectivity index (χ1n) is 24.3. The third-order valence-corrected chi connectivity index (χ3v) is 17.2. The number of hydrogen-bond donors (Lipinski definition) is 0. The number of fused-ring (bicyclic) bond motifs is 6. The molecule has 4 saturated carbocycles. The van der Waals surface area contributed by atoms with Gasteiger partial charge in [-0.3, -0.25) is 0 Å². The van der Waals surface area contributed by atoms with E-state index in [1.165, 1.54) is 120 Å². The number of anilines is 3. The van der Waals surface area contributed by atoms with Gasteiger partial charge in [0, 0.05) is 53.7 Å². The van der Waals surface area contributed by atoms with Gasteiger partial charge in [-0.2, -0.15) is 0 Å². The molecule has 0 aliphatic heterocycles. The van der Waals surface area contributed by atoms with E-state index in [4.69, 9.17) is 0 Å². The van der Waals surface area contributed by atoms with Crippen molar-refractivity contribution >= 4 is 70.4 Å². The Hall–Kier alpha value is -7.20. The molecular weight excluding hydrogens is 829 g/mol. The lowest BCUT2D eigenvalue weighted by Gasteiger charge is -2.57. The highest BCUT2D eigenvalue weighted by Crippen LogP contribution is 2.61. The first-order chi connectivity index (χ1) is 33.1. The summed E-state index contributed by atoms with van der Waals surface area (Å²) in [6, 6.07) is 79.2. The predicted octanol–water partition coefficient (Wildman–Crippen LogP) is 18.1. The first kappa shape index (κ1) is 39.0. The molecule has 0 spiro atoms. The van der Waals surface area contributed by atoms with Gasteiger partial charge in [-0.25, -0.2) is 0 Å². The van der Waals surface area contributed by atoms with Crippen molar-refractivity contribution in [2.24, 2.45) is 17.8 Å². The number of aromatic nitrogens is 1. The van der Waals surface area contributed by atoms with E-state index in [9.17, 15) is 0 Å². The van der Waals surface area contributed by atoms with E-state index in [1.807, 2.05) is 11.3 Å². The number of benzene rings is 9. The standard InChI is InChI=1S/C64H50N2S/c1-2-9-51(10-3-1)66-60-15-6-4-11-56(60)59-38-49(25-34-61(59)66)47-21-30-53(31-22-47)65(54-32-23-48(24-33-54)55-13-8-14-58-57-12-5-7-16-62(57)67-63(55)58)52-28-19-46(20-29-52)45-17-26-50(27-18-45)64-39-42-35-43(40-64)37-44(36-42)41-64/h1-34,38,42-44H,35-37,39-41H2. The average Bonchev–Trinajstić information content (AvgIpc) is 3.93. The van der Waals surface area contributed by atoms with E-state index < -0.39 is 0 Å². The van der Waals surface area contributed by atoms with Crippen LogP contribution in [0.4, 0.5) is 17.1 Å². The van der Waals surface area contributed by atoms with E-state index >= 15 is 0 Å². The van der Waals surface area contributed by atoms with Crippen molar-refractivity contribution < 1.29 is 0 Å². The first-order valence-corrected chi connectivity index (χ1v) is 25.1. The molecule has 2 heterocycles. The van der Waals surface area contributed by atoms with Crippen LogP contribution in [0.5, 0.6) is 0 Å². The van der Waals surface area contributed by atoms with Crippen molar-refractivity contribution in [3.05, 3.63) is 218 Å². The molecule has 0 saturated heterocycles. The van der Waals surface area contributed by atoms with Gasteiger partial charge in [0.05, 0.1) is 11.0 Å². The fourth-order valence-corrected chi connectivity index (χ4v) is 14.5. The van der Waals surface area contributed by atoms with Crippen molar-refractivity contribution in [1.82, 2.24) is 4.57 Å². The molecule has 0 atom stereocenters. The summed E-state index contributed by atoms with van der Waals surface area (Å²) in [5, 5.41) is 5.18. The number of nitrogens with zero attached hydrogens (tertiary/aromatic N) is 2. The van der Waals surface area contributed by atoms with Crippen LogP contribution in [0.2, 0.25) is 0 Å². The van der Waals surface area contributed by atoms with Crippen LogP contribution < -0.4 is 4.90 Å². The summed E-state index contributed by atoms with van der Waals surface area (Å²) in [7, 11) is 0. The van der Waals surface area contributed by atoms with E-state index in [0.717, 1.165) is 34.8 Å². The summed E-state index contributed by atoms with van der Waals surface area (Å²) >= 11 is 1.89. The zero-order chi connectivity index (χ0) is 44.1. The minimum atomic E-state index is 0.419. The Morgan fingerprint density at radius 1 is 0.403 bits per heavy atom. The molecule has 67 heavy (non-hydrogen) atoms. The summed E-state index contributed by atoms with van der Waals surface area (Å²) in [5.41, 5.74) is 16.5. The average molecular weight is 879 g/mol. The van der Waals surface area contributed by atoms with Gasteiger partial charge in [-0.1, -0.05) is 140 Å². The molecule has 15 rings (SSSR count). The van der Waals surface area contributed by atoms with E-state index in [2.05, 4.69) is 222 Å². The molecule has 4 fully saturated rings. The normalized spacial score (nSPS) is 19.8. The van der Waals surface area contributed by atoms with E-state index in [1.54, 1.807) is 5.56 Å². The molecule has 9 aromatic carbocycles. The van der Waals surface area contributed by atoms with Crippen LogP contribution >= 0.6 is 11.3 Å². The Morgan fingerprint density at radius 2 is 0.910 bits per heavy atom. The zero-order valence-electron chi connectivity index (χ0n) is 37.5. The number of thiophene rings is 1. The van der Waals surface area contributed by atoms with E-state index in [0.29, 0.717) is 5.41 Å². The molecule has 3 heteroatoms. The maximum absolute atomic E-state index is 2.48. The summed E-state index contributed by atoms with van der Waals surface area (Å²) in [5.74, 6) is 2.86. The third kappa shape index (κ3) is 6.50. The van der Waals surface area contributed by atoms with Crippen LogP contribution in [0.3, 0.4) is 0 Å². The van der Waals surface area contributed by atoms with Crippen LogP contribution in [0.25, 0.3) is 81.0 Å². The highest BCUT2D eigenvalue weighted by molar-refractivity contribution is 7.26. The summed E-state index contributed by atoms with van der Waals surface area (Å²) in [4.78, 5) is 2.41. The highest BCUT2D eigenvalue weighted by atomic mass is 32.1. The van der Waals surface area contributed by atoms with Crippen molar-refractivity contribution in [3.8, 4) is 39.1 Å². The number of para-hydroxylation sites is 2. The van der Waals surface area contributed by atoms with Crippen molar-refractivity contribution in [3.63, 3.8) is 0 Å². The lowest BCUT2D eigenvalue weighted by Crippen LogP contribution is -2.48. The van der Waals surface area contributed by atoms with Gasteiger partial charge in [-0.15, -0.1) is 11.3 Å². The van der Waals surface area contributed by atoms with Gasteiger partial charge in [0.1, 0.15) is 0 Å². The Bertz CT molecular complexity index is 3600. The van der Waals surface area contributed by atoms with Crippen LogP contribution in [-0.4, -0.2) is 4.57 Å². The molecule has 322 valence electrons. The van der Waals surface area contributed by atoms with Gasteiger partial charge in [0.25, 0.3) is 0 Å². The molecule has 4 aliphatic rings. The van der Waals surface area contributed by atoms with Crippen LogP contribution in [0.1, 0.15) is 44.1 Å². The molecular formula is C64H50N2S. The van der Waals surface area contributed by atoms with Crippen LogP contribution in [0.15, 0.2) is 212 Å². The maximum Gasteiger partial charge on any atom is 0.0541 e. The van der Waals surface area contributed by atoms with Crippen molar-refractivity contribution in [2.45, 2.75) is 43.9 Å². The third-order valence-electron chi connectivity index (χ3n) is 16.0. The second-order valence-corrected chi connectivity index (χ2v) is 21.0. The Labute approximate surface area is 396 Å². The highest BCUT2D eigenvalue weighted by Gasteiger charge is 2.51. The summed E-state index contributed by atoms with van der Waals surface area (Å²) in [6.45, 7) is 0. The number of hydrogen-bond acceptors (Lipinski definition) is 2. The Balaban J connectivity index is 0.817. The molecule has 4 aliphatic carbocycles. The maximum atomic E-state index is 2.48. The summed E-state index contributed by atoms with van der Waals surface area (Å²) < 4.78 is 5.05. The second kappa shape index (κ2) is 15.4. The minimum Gasteiger partial charge on any atom is -0.311 e.